The lowest BCUT2D eigenvalue weighted by Gasteiger charge is -2.20. The molecule has 1 amide bonds. The van der Waals surface area contributed by atoms with Gasteiger partial charge in [-0.1, -0.05) is 289 Å². The fourth-order valence-electron chi connectivity index (χ4n) is 9.69. The molecule has 0 heterocycles. The van der Waals surface area contributed by atoms with Crippen LogP contribution in [0.4, 0.5) is 0 Å². The summed E-state index contributed by atoms with van der Waals surface area (Å²) in [7, 11) is 0. The topological polar surface area (TPSA) is 95.9 Å². The van der Waals surface area contributed by atoms with Crippen molar-refractivity contribution >= 4 is 11.9 Å². The van der Waals surface area contributed by atoms with Crippen LogP contribution in [-0.2, 0) is 14.3 Å². The van der Waals surface area contributed by atoms with E-state index in [1.165, 1.54) is 238 Å². The lowest BCUT2D eigenvalue weighted by Crippen LogP contribution is -2.45. The molecule has 0 radical (unpaired) electrons. The number of nitrogens with one attached hydrogen (secondary N) is 1. The number of carbonyl (C=O) groups excluding carboxylic acids is 2. The molecule has 69 heavy (non-hydrogen) atoms. The molecule has 2 atom stereocenters. The Balaban J connectivity index is 3.50. The van der Waals surface area contributed by atoms with Crippen molar-refractivity contribution in [1.29, 1.82) is 0 Å². The van der Waals surface area contributed by atoms with Gasteiger partial charge in [0.2, 0.25) is 5.91 Å². The first kappa shape index (κ1) is 67.3. The molecule has 0 fully saturated rings. The number of aliphatic hydroxyl groups excluding tert-OH is 2. The third-order valence-corrected chi connectivity index (χ3v) is 14.5. The van der Waals surface area contributed by atoms with Crippen molar-refractivity contribution in [3.05, 3.63) is 24.3 Å². The Hall–Kier alpha value is -1.66. The molecule has 0 saturated heterocycles. The van der Waals surface area contributed by atoms with Crippen LogP contribution in [0.25, 0.3) is 0 Å². The van der Waals surface area contributed by atoms with Crippen LogP contribution in [0.1, 0.15) is 341 Å². The van der Waals surface area contributed by atoms with E-state index in [1.54, 1.807) is 6.08 Å². The highest BCUT2D eigenvalue weighted by Crippen LogP contribution is 2.18. The molecule has 3 N–H and O–H groups in total. The average Bonchev–Trinajstić information content (AvgIpc) is 3.35. The Morgan fingerprint density at radius 1 is 0.391 bits per heavy atom. The number of rotatable bonds is 58. The summed E-state index contributed by atoms with van der Waals surface area (Å²) >= 11 is 0. The summed E-state index contributed by atoms with van der Waals surface area (Å²) < 4.78 is 5.46. The predicted molar refractivity (Wildman–Crippen MR) is 301 cm³/mol. The van der Waals surface area contributed by atoms with Crippen molar-refractivity contribution in [3.63, 3.8) is 0 Å². The first-order valence-corrected chi connectivity index (χ1v) is 31.1. The number of hydrogen-bond donors (Lipinski definition) is 3. The maximum absolute atomic E-state index is 12.5. The summed E-state index contributed by atoms with van der Waals surface area (Å²) in [5, 5.41) is 23.2. The number of ether oxygens (including phenoxy) is 1. The molecule has 0 aromatic carbocycles. The summed E-state index contributed by atoms with van der Waals surface area (Å²) in [6.45, 7) is 4.87. The predicted octanol–water partition coefficient (Wildman–Crippen LogP) is 19.4. The molecule has 0 bridgehead atoms. The number of unbranched alkanes of at least 4 members (excludes halogenated alkanes) is 45. The quantitative estimate of drug-likeness (QED) is 0.0321. The molecule has 6 nitrogen and oxygen atoms in total. The monoisotopic (exact) mass is 972 g/mol. The molecule has 2 unspecified atom stereocenters. The van der Waals surface area contributed by atoms with E-state index in [9.17, 15) is 19.8 Å². The van der Waals surface area contributed by atoms with E-state index >= 15 is 0 Å². The van der Waals surface area contributed by atoms with Gasteiger partial charge in [-0.2, -0.15) is 0 Å². The van der Waals surface area contributed by atoms with Crippen molar-refractivity contribution in [3.8, 4) is 0 Å². The van der Waals surface area contributed by atoms with Crippen molar-refractivity contribution in [2.24, 2.45) is 0 Å². The third kappa shape index (κ3) is 55.5. The van der Waals surface area contributed by atoms with Crippen LogP contribution >= 0.6 is 0 Å². The molecule has 0 aliphatic carbocycles. The highest BCUT2D eigenvalue weighted by atomic mass is 16.5. The fourth-order valence-corrected chi connectivity index (χ4v) is 9.69. The minimum Gasteiger partial charge on any atom is -0.466 e. The van der Waals surface area contributed by atoms with Gasteiger partial charge in [0.1, 0.15) is 0 Å². The molecule has 0 aliphatic rings. The maximum atomic E-state index is 12.5. The number of hydrogen-bond acceptors (Lipinski definition) is 5. The Kier molecular flexibility index (Phi) is 57.5. The molecule has 0 aromatic heterocycles. The molecule has 0 saturated carbocycles. The SMILES string of the molecule is CCCCCCCCCCCCCCCCCCCCCCCC/C=C/C(O)C(CO)NC(=O)CCCCCCC/C=C\CCCCCOC(=O)CCCCCCCCCCCCCCCCCC. The van der Waals surface area contributed by atoms with E-state index in [0.717, 1.165) is 77.0 Å². The second kappa shape index (κ2) is 58.9. The van der Waals surface area contributed by atoms with Crippen molar-refractivity contribution in [2.75, 3.05) is 13.2 Å². The van der Waals surface area contributed by atoms with E-state index in [4.69, 9.17) is 4.74 Å². The zero-order chi connectivity index (χ0) is 50.0. The average molecular weight is 973 g/mol. The Bertz CT molecular complexity index is 1080. The smallest absolute Gasteiger partial charge is 0.305 e. The van der Waals surface area contributed by atoms with E-state index < -0.39 is 12.1 Å². The van der Waals surface area contributed by atoms with Crippen LogP contribution < -0.4 is 5.32 Å². The highest BCUT2D eigenvalue weighted by molar-refractivity contribution is 5.76. The number of aliphatic hydroxyl groups is 2. The third-order valence-electron chi connectivity index (χ3n) is 14.5. The first-order chi connectivity index (χ1) is 34.0. The van der Waals surface area contributed by atoms with Gasteiger partial charge in [-0.15, -0.1) is 0 Å². The lowest BCUT2D eigenvalue weighted by atomic mass is 10.0. The summed E-state index contributed by atoms with van der Waals surface area (Å²) in [6.07, 6.45) is 72.2. The van der Waals surface area contributed by atoms with Gasteiger partial charge in [0.05, 0.1) is 25.4 Å². The highest BCUT2D eigenvalue weighted by Gasteiger charge is 2.18. The summed E-state index contributed by atoms with van der Waals surface area (Å²) in [5.41, 5.74) is 0. The molecule has 6 heteroatoms. The molecule has 0 spiro atoms. The Morgan fingerprint density at radius 2 is 0.681 bits per heavy atom. The van der Waals surface area contributed by atoms with Gasteiger partial charge in [0.25, 0.3) is 0 Å². The maximum Gasteiger partial charge on any atom is 0.305 e. The van der Waals surface area contributed by atoms with Crippen LogP contribution in [0.2, 0.25) is 0 Å². The fraction of sp³-hybridized carbons (Fsp3) is 0.905. The summed E-state index contributed by atoms with van der Waals surface area (Å²) in [4.78, 5) is 24.6. The lowest BCUT2D eigenvalue weighted by molar-refractivity contribution is -0.143. The van der Waals surface area contributed by atoms with E-state index in [1.807, 2.05) is 6.08 Å². The van der Waals surface area contributed by atoms with Crippen molar-refractivity contribution in [1.82, 2.24) is 5.32 Å². The number of esters is 1. The van der Waals surface area contributed by atoms with E-state index in [-0.39, 0.29) is 18.5 Å². The summed E-state index contributed by atoms with van der Waals surface area (Å²) in [5.74, 6) is -0.110. The van der Waals surface area contributed by atoms with Gasteiger partial charge in [0, 0.05) is 12.8 Å². The van der Waals surface area contributed by atoms with Gasteiger partial charge in [-0.05, 0) is 64.2 Å². The van der Waals surface area contributed by atoms with Gasteiger partial charge in [0.15, 0.2) is 0 Å². The van der Waals surface area contributed by atoms with Gasteiger partial charge in [-0.25, -0.2) is 0 Å². The van der Waals surface area contributed by atoms with Gasteiger partial charge >= 0.3 is 5.97 Å². The largest absolute Gasteiger partial charge is 0.466 e. The molecule has 0 aliphatic heterocycles. The molecule has 0 aromatic rings. The van der Waals surface area contributed by atoms with E-state index in [0.29, 0.717) is 19.4 Å². The Labute approximate surface area is 431 Å². The standard InChI is InChI=1S/C63H121NO5/c1-3-5-7-9-11-13-15-17-19-21-22-23-24-25-26-27-28-29-31-35-39-43-47-51-55-61(66)60(59-65)64-62(67)56-52-48-44-40-36-33-34-38-42-46-50-54-58-69-63(68)57-53-49-45-41-37-32-30-20-18-16-14-12-10-8-6-4-2/h34,38,51,55,60-61,65-66H,3-33,35-37,39-50,52-54,56-59H2,1-2H3,(H,64,67)/b38-34-,55-51+. The molecular formula is C63H121NO5. The van der Waals surface area contributed by atoms with Crippen LogP contribution in [0.5, 0.6) is 0 Å². The van der Waals surface area contributed by atoms with Crippen molar-refractivity contribution in [2.45, 2.75) is 353 Å². The van der Waals surface area contributed by atoms with Crippen LogP contribution in [-0.4, -0.2) is 47.4 Å². The zero-order valence-electron chi connectivity index (χ0n) is 46.6. The van der Waals surface area contributed by atoms with Gasteiger partial charge in [-0.3, -0.25) is 9.59 Å². The van der Waals surface area contributed by atoms with Gasteiger partial charge < -0.3 is 20.3 Å². The number of carbonyl (C=O) groups is 2. The van der Waals surface area contributed by atoms with Crippen LogP contribution in [0.3, 0.4) is 0 Å². The first-order valence-electron chi connectivity index (χ1n) is 31.1. The Morgan fingerprint density at radius 3 is 1.03 bits per heavy atom. The van der Waals surface area contributed by atoms with Crippen molar-refractivity contribution < 1.29 is 24.5 Å². The zero-order valence-corrected chi connectivity index (χ0v) is 46.6. The minimum absolute atomic E-state index is 0.0201. The molecular weight excluding hydrogens is 851 g/mol. The number of amides is 1. The second-order valence-corrected chi connectivity index (χ2v) is 21.4. The number of allylic oxidation sites excluding steroid dienone is 3. The molecule has 408 valence electrons. The van der Waals surface area contributed by atoms with Crippen LogP contribution in [0.15, 0.2) is 24.3 Å². The van der Waals surface area contributed by atoms with Crippen LogP contribution in [0, 0.1) is 0 Å². The second-order valence-electron chi connectivity index (χ2n) is 21.4. The van der Waals surface area contributed by atoms with E-state index in [2.05, 4.69) is 31.3 Å². The molecule has 0 rings (SSSR count). The minimum atomic E-state index is -0.861. The normalized spacial score (nSPS) is 12.7. The summed E-state index contributed by atoms with van der Waals surface area (Å²) in [6, 6.07) is -0.647.